The number of hydrogen-bond acceptors (Lipinski definition) is 2. The summed E-state index contributed by atoms with van der Waals surface area (Å²) in [6, 6.07) is 2.86. The van der Waals surface area contributed by atoms with E-state index in [9.17, 15) is 26.3 Å². The minimum atomic E-state index is -5.75. The molecule has 0 aliphatic heterocycles. The Morgan fingerprint density at radius 1 is 1.17 bits per heavy atom. The summed E-state index contributed by atoms with van der Waals surface area (Å²) in [6.45, 7) is 0. The lowest BCUT2D eigenvalue weighted by Crippen LogP contribution is -2.45. The molecule has 0 radical (unpaired) electrons. The zero-order valence-corrected chi connectivity index (χ0v) is 9.20. The highest BCUT2D eigenvalue weighted by Crippen LogP contribution is 2.38. The van der Waals surface area contributed by atoms with Gasteiger partial charge in [-0.2, -0.15) is 22.0 Å². The van der Waals surface area contributed by atoms with Crippen LogP contribution in [-0.4, -0.2) is 18.5 Å². The van der Waals surface area contributed by atoms with Crippen molar-refractivity contribution in [1.29, 1.82) is 0 Å². The molecule has 2 N–H and O–H groups in total. The average Bonchev–Trinajstić information content (AvgIpc) is 2.20. The summed E-state index contributed by atoms with van der Waals surface area (Å²) in [5, 5.41) is -0.455. The van der Waals surface area contributed by atoms with Gasteiger partial charge in [0, 0.05) is 5.69 Å². The van der Waals surface area contributed by atoms with E-state index in [0.717, 1.165) is 18.2 Å². The molecule has 0 aliphatic rings. The molecular formula is C9H6ClF6NO. The molecule has 1 rings (SSSR count). The van der Waals surface area contributed by atoms with Crippen LogP contribution in [0.1, 0.15) is 0 Å². The van der Waals surface area contributed by atoms with E-state index >= 15 is 0 Å². The first kappa shape index (κ1) is 14.7. The Morgan fingerprint density at radius 3 is 2.17 bits per heavy atom. The molecule has 18 heavy (non-hydrogen) atoms. The smallest absolute Gasteiger partial charge is 0.429 e. The van der Waals surface area contributed by atoms with Crippen LogP contribution in [0.25, 0.3) is 0 Å². The largest absolute Gasteiger partial charge is 0.439 e. The molecule has 0 fully saturated rings. The molecule has 0 amide bonds. The first-order valence-corrected chi connectivity index (χ1v) is 4.74. The lowest BCUT2D eigenvalue weighted by Gasteiger charge is -2.23. The fourth-order valence-electron chi connectivity index (χ4n) is 0.989. The molecule has 0 spiro atoms. The van der Waals surface area contributed by atoms with Gasteiger partial charge >= 0.3 is 12.3 Å². The van der Waals surface area contributed by atoms with Crippen LogP contribution in [-0.2, 0) is 0 Å². The van der Waals surface area contributed by atoms with Crippen molar-refractivity contribution in [3.63, 3.8) is 0 Å². The number of alkyl halides is 6. The van der Waals surface area contributed by atoms with E-state index in [1.807, 2.05) is 0 Å². The summed E-state index contributed by atoms with van der Waals surface area (Å²) in [5.74, 6) is -0.803. The topological polar surface area (TPSA) is 35.2 Å². The molecule has 9 heteroatoms. The number of hydrogen-bond donors (Lipinski definition) is 1. The van der Waals surface area contributed by atoms with Crippen LogP contribution >= 0.6 is 11.6 Å². The van der Waals surface area contributed by atoms with Crippen molar-refractivity contribution < 1.29 is 31.1 Å². The summed E-state index contributed by atoms with van der Waals surface area (Å²) in [7, 11) is 0. The average molecular weight is 294 g/mol. The summed E-state index contributed by atoms with van der Waals surface area (Å²) in [5.41, 5.74) is 5.33. The van der Waals surface area contributed by atoms with Crippen LogP contribution in [0.5, 0.6) is 5.75 Å². The van der Waals surface area contributed by atoms with Crippen LogP contribution in [0.2, 0.25) is 5.02 Å². The fourth-order valence-corrected chi connectivity index (χ4v) is 1.22. The third-order valence-electron chi connectivity index (χ3n) is 1.78. The molecule has 1 atom stereocenters. The van der Waals surface area contributed by atoms with Crippen molar-refractivity contribution in [3.05, 3.63) is 23.2 Å². The van der Waals surface area contributed by atoms with Gasteiger partial charge in [-0.1, -0.05) is 11.6 Å². The Hall–Kier alpha value is -1.31. The van der Waals surface area contributed by atoms with E-state index < -0.39 is 29.2 Å². The first-order valence-electron chi connectivity index (χ1n) is 4.36. The monoisotopic (exact) mass is 293 g/mol. The molecule has 0 heterocycles. The Morgan fingerprint density at radius 2 is 1.72 bits per heavy atom. The van der Waals surface area contributed by atoms with Crippen molar-refractivity contribution >= 4 is 17.3 Å². The van der Waals surface area contributed by atoms with Gasteiger partial charge in [0.15, 0.2) is 0 Å². The van der Waals surface area contributed by atoms with Gasteiger partial charge in [0.2, 0.25) is 0 Å². The number of nitrogen functional groups attached to an aromatic ring is 1. The number of halogens is 7. The second-order valence-electron chi connectivity index (χ2n) is 3.26. The van der Waals surface area contributed by atoms with Crippen molar-refractivity contribution in [2.75, 3.05) is 5.73 Å². The van der Waals surface area contributed by atoms with E-state index in [-0.39, 0.29) is 5.69 Å². The zero-order chi connectivity index (χ0) is 14.1. The quantitative estimate of drug-likeness (QED) is 0.680. The predicted molar refractivity (Wildman–Crippen MR) is 52.4 cm³/mol. The number of benzene rings is 1. The lowest BCUT2D eigenvalue weighted by molar-refractivity contribution is -0.304. The van der Waals surface area contributed by atoms with Gasteiger partial charge in [0.25, 0.3) is 6.17 Å². The normalized spacial score (nSPS) is 14.4. The summed E-state index contributed by atoms with van der Waals surface area (Å²) in [6.07, 6.45) is -15.3. The Balaban J connectivity index is 2.95. The number of nitrogens with two attached hydrogens (primary N) is 1. The highest BCUT2D eigenvalue weighted by Gasteiger charge is 2.59. The van der Waals surface area contributed by atoms with Crippen molar-refractivity contribution in [2.45, 2.75) is 18.5 Å². The van der Waals surface area contributed by atoms with Crippen LogP contribution in [0, 0.1) is 0 Å². The molecule has 2 nitrogen and oxygen atoms in total. The van der Waals surface area contributed by atoms with Crippen LogP contribution in [0.4, 0.5) is 32.0 Å². The van der Waals surface area contributed by atoms with Gasteiger partial charge in [-0.3, -0.25) is 0 Å². The minimum Gasteiger partial charge on any atom is -0.429 e. The van der Waals surface area contributed by atoms with Gasteiger partial charge in [-0.05, 0) is 18.2 Å². The van der Waals surface area contributed by atoms with E-state index in [2.05, 4.69) is 4.74 Å². The van der Waals surface area contributed by atoms with E-state index in [1.54, 1.807) is 0 Å². The number of anilines is 1. The molecule has 0 bridgehead atoms. The summed E-state index contributed by atoms with van der Waals surface area (Å²) >= 11 is 5.41. The van der Waals surface area contributed by atoms with Gasteiger partial charge in [-0.25, -0.2) is 4.39 Å². The molecule has 0 aliphatic carbocycles. The molecule has 102 valence electrons. The second kappa shape index (κ2) is 4.75. The minimum absolute atomic E-state index is 0.0864. The predicted octanol–water partition coefficient (Wildman–Crippen LogP) is 3.79. The van der Waals surface area contributed by atoms with Gasteiger partial charge in [0.1, 0.15) is 5.75 Å². The molecular weight excluding hydrogens is 288 g/mol. The van der Waals surface area contributed by atoms with Gasteiger partial charge < -0.3 is 10.5 Å². The van der Waals surface area contributed by atoms with Crippen LogP contribution in [0.3, 0.4) is 0 Å². The maximum absolute atomic E-state index is 12.9. The molecule has 0 saturated carbocycles. The molecule has 0 saturated heterocycles. The van der Waals surface area contributed by atoms with Gasteiger partial charge in [0.05, 0.1) is 5.02 Å². The highest BCUT2D eigenvalue weighted by atomic mass is 35.5. The third-order valence-corrected chi connectivity index (χ3v) is 2.08. The SMILES string of the molecule is Nc1ccc(OC(F)(F)[C@H](F)C(F)(F)F)c(Cl)c1. The lowest BCUT2D eigenvalue weighted by atomic mass is 10.3. The van der Waals surface area contributed by atoms with E-state index in [4.69, 9.17) is 17.3 Å². The maximum atomic E-state index is 12.9. The first-order chi connectivity index (χ1) is 8.04. The Kier molecular flexibility index (Phi) is 3.89. The van der Waals surface area contributed by atoms with Crippen LogP contribution in [0.15, 0.2) is 18.2 Å². The Labute approximate surface area is 102 Å². The van der Waals surface area contributed by atoms with Crippen molar-refractivity contribution in [1.82, 2.24) is 0 Å². The number of rotatable bonds is 3. The van der Waals surface area contributed by atoms with Crippen molar-refractivity contribution in [3.8, 4) is 5.75 Å². The summed E-state index contributed by atoms with van der Waals surface area (Å²) < 4.78 is 77.4. The van der Waals surface area contributed by atoms with Gasteiger partial charge in [-0.15, -0.1) is 0 Å². The molecule has 0 aromatic heterocycles. The van der Waals surface area contributed by atoms with E-state index in [1.165, 1.54) is 0 Å². The number of ether oxygens (including phenoxy) is 1. The molecule has 1 aromatic carbocycles. The third kappa shape index (κ3) is 3.34. The Bertz CT molecular complexity index is 436. The molecule has 0 unspecified atom stereocenters. The van der Waals surface area contributed by atoms with Crippen molar-refractivity contribution in [2.24, 2.45) is 0 Å². The maximum Gasteiger partial charge on any atom is 0.439 e. The highest BCUT2D eigenvalue weighted by molar-refractivity contribution is 6.32. The van der Waals surface area contributed by atoms with E-state index in [0.29, 0.717) is 0 Å². The van der Waals surface area contributed by atoms with Crippen LogP contribution < -0.4 is 10.5 Å². The zero-order valence-electron chi connectivity index (χ0n) is 8.44. The standard InChI is InChI=1S/C9H6ClF6NO/c10-5-3-4(17)1-2-6(5)18-9(15,16)7(11)8(12,13)14/h1-3,7H,17H2/t7-/m1/s1. The summed E-state index contributed by atoms with van der Waals surface area (Å²) in [4.78, 5) is 0. The fraction of sp³-hybridized carbons (Fsp3) is 0.333. The molecule has 1 aromatic rings. The second-order valence-corrected chi connectivity index (χ2v) is 3.67.